The summed E-state index contributed by atoms with van der Waals surface area (Å²) in [5.41, 5.74) is 0.0404. The number of hydrogen-bond acceptors (Lipinski definition) is 7. The zero-order chi connectivity index (χ0) is 24.3. The lowest BCUT2D eigenvalue weighted by Gasteiger charge is -2.28. The van der Waals surface area contributed by atoms with E-state index in [1.54, 1.807) is 39.0 Å². The highest BCUT2D eigenvalue weighted by Gasteiger charge is 2.42. The third kappa shape index (κ3) is 5.02. The highest BCUT2D eigenvalue weighted by Crippen LogP contribution is 2.39. The Morgan fingerprint density at radius 3 is 2.36 bits per heavy atom. The molecule has 9 heteroatoms. The van der Waals surface area contributed by atoms with Crippen LogP contribution in [0.3, 0.4) is 0 Å². The number of aromatic hydroxyl groups is 1. The molecular formula is C24H28N2O7. The molecule has 3 rings (SSSR count). The molecule has 176 valence electrons. The molecule has 3 amide bonds. The number of nitrogens with zero attached hydrogens (tertiary/aromatic N) is 1. The van der Waals surface area contributed by atoms with Gasteiger partial charge in [-0.05, 0) is 57.0 Å². The van der Waals surface area contributed by atoms with Crippen molar-refractivity contribution in [3.63, 3.8) is 0 Å². The summed E-state index contributed by atoms with van der Waals surface area (Å²) in [6.45, 7) is 5.39. The van der Waals surface area contributed by atoms with Crippen LogP contribution >= 0.6 is 0 Å². The Morgan fingerprint density at radius 2 is 1.76 bits per heavy atom. The molecule has 9 nitrogen and oxygen atoms in total. The molecule has 1 heterocycles. The standard InChI is InChI=1S/C24H28N2O7/c1-24(2,3)33-23(30)25-12-11-16(14-9-10-18(31-4)19(13-14)32-5)26-21(28)15-7-6-8-17(27)20(15)22(26)29/h6-10,13,16,27H,11-12H2,1-5H3,(H,25,30). The summed E-state index contributed by atoms with van der Waals surface area (Å²) in [5, 5.41) is 12.8. The number of amides is 3. The van der Waals surface area contributed by atoms with Crippen LogP contribution in [-0.4, -0.2) is 54.3 Å². The van der Waals surface area contributed by atoms with E-state index in [0.29, 0.717) is 17.1 Å². The second kappa shape index (κ2) is 9.40. The molecule has 0 saturated heterocycles. The first-order valence-electron chi connectivity index (χ1n) is 10.5. The fraction of sp³-hybridized carbons (Fsp3) is 0.375. The van der Waals surface area contributed by atoms with Crippen molar-refractivity contribution in [1.29, 1.82) is 0 Å². The van der Waals surface area contributed by atoms with Gasteiger partial charge in [0.05, 0.1) is 31.4 Å². The molecule has 2 aromatic rings. The number of carbonyl (C=O) groups excluding carboxylic acids is 3. The minimum Gasteiger partial charge on any atom is -0.507 e. The lowest BCUT2D eigenvalue weighted by atomic mass is 10.0. The van der Waals surface area contributed by atoms with Gasteiger partial charge in [0.2, 0.25) is 0 Å². The Hall–Kier alpha value is -3.75. The van der Waals surface area contributed by atoms with Gasteiger partial charge in [0.15, 0.2) is 11.5 Å². The topological polar surface area (TPSA) is 114 Å². The summed E-state index contributed by atoms with van der Waals surface area (Å²) >= 11 is 0. The molecule has 0 aliphatic carbocycles. The molecule has 1 aliphatic rings. The van der Waals surface area contributed by atoms with Crippen LogP contribution in [0.5, 0.6) is 17.2 Å². The van der Waals surface area contributed by atoms with Gasteiger partial charge in [0, 0.05) is 6.54 Å². The summed E-state index contributed by atoms with van der Waals surface area (Å²) in [5.74, 6) is -0.467. The Kier molecular flexibility index (Phi) is 6.81. The van der Waals surface area contributed by atoms with Crippen LogP contribution in [0.1, 0.15) is 59.5 Å². The SMILES string of the molecule is COc1ccc(C(CCNC(=O)OC(C)(C)C)N2C(=O)c3cccc(O)c3C2=O)cc1OC. The lowest BCUT2D eigenvalue weighted by Crippen LogP contribution is -2.38. The molecular weight excluding hydrogens is 428 g/mol. The van der Waals surface area contributed by atoms with Gasteiger partial charge in [-0.2, -0.15) is 0 Å². The molecule has 0 spiro atoms. The molecule has 1 aliphatic heterocycles. The Bertz CT molecular complexity index is 1070. The van der Waals surface area contributed by atoms with Crippen molar-refractivity contribution >= 4 is 17.9 Å². The summed E-state index contributed by atoms with van der Waals surface area (Å²) < 4.78 is 15.9. The lowest BCUT2D eigenvalue weighted by molar-refractivity contribution is 0.0517. The molecule has 33 heavy (non-hydrogen) atoms. The number of fused-ring (bicyclic) bond motifs is 1. The van der Waals surface area contributed by atoms with Crippen molar-refractivity contribution < 1.29 is 33.7 Å². The number of nitrogens with one attached hydrogen (secondary N) is 1. The van der Waals surface area contributed by atoms with Crippen LogP contribution in [-0.2, 0) is 4.74 Å². The van der Waals surface area contributed by atoms with Crippen molar-refractivity contribution in [2.45, 2.75) is 38.8 Å². The van der Waals surface area contributed by atoms with Crippen molar-refractivity contribution in [1.82, 2.24) is 10.2 Å². The zero-order valence-electron chi connectivity index (χ0n) is 19.3. The van der Waals surface area contributed by atoms with Crippen LogP contribution < -0.4 is 14.8 Å². The first-order valence-corrected chi connectivity index (χ1v) is 10.5. The van der Waals surface area contributed by atoms with Crippen LogP contribution in [0.2, 0.25) is 0 Å². The molecule has 2 aromatic carbocycles. The monoisotopic (exact) mass is 456 g/mol. The number of alkyl carbamates (subject to hydrolysis) is 1. The fourth-order valence-electron chi connectivity index (χ4n) is 3.70. The number of hydrogen-bond donors (Lipinski definition) is 2. The smallest absolute Gasteiger partial charge is 0.407 e. The molecule has 0 aromatic heterocycles. The Labute approximate surface area is 192 Å². The first-order chi connectivity index (χ1) is 15.6. The third-order valence-electron chi connectivity index (χ3n) is 5.11. The van der Waals surface area contributed by atoms with E-state index in [9.17, 15) is 19.5 Å². The quantitative estimate of drug-likeness (QED) is 0.611. The van der Waals surface area contributed by atoms with Crippen LogP contribution in [0.4, 0.5) is 4.79 Å². The number of rotatable bonds is 7. The maximum atomic E-state index is 13.2. The minimum absolute atomic E-state index is 0.0342. The van der Waals surface area contributed by atoms with Gasteiger partial charge in [0.1, 0.15) is 11.4 Å². The summed E-state index contributed by atoms with van der Waals surface area (Å²) in [6, 6.07) is 8.72. The van der Waals surface area contributed by atoms with E-state index < -0.39 is 29.6 Å². The van der Waals surface area contributed by atoms with E-state index in [0.717, 1.165) is 4.90 Å². The van der Waals surface area contributed by atoms with Gasteiger partial charge in [-0.25, -0.2) is 4.79 Å². The molecule has 2 N–H and O–H groups in total. The summed E-state index contributed by atoms with van der Waals surface area (Å²) in [6.07, 6.45) is -0.394. The van der Waals surface area contributed by atoms with E-state index in [-0.39, 0.29) is 29.8 Å². The third-order valence-corrected chi connectivity index (χ3v) is 5.11. The second-order valence-corrected chi connectivity index (χ2v) is 8.53. The van der Waals surface area contributed by atoms with Crippen molar-refractivity contribution in [3.05, 3.63) is 53.1 Å². The highest BCUT2D eigenvalue weighted by molar-refractivity contribution is 6.22. The van der Waals surface area contributed by atoms with Gasteiger partial charge < -0.3 is 24.6 Å². The van der Waals surface area contributed by atoms with Crippen molar-refractivity contribution in [3.8, 4) is 17.2 Å². The van der Waals surface area contributed by atoms with E-state index in [1.807, 2.05) is 0 Å². The molecule has 0 bridgehead atoms. The number of methoxy groups -OCH3 is 2. The van der Waals surface area contributed by atoms with E-state index in [4.69, 9.17) is 14.2 Å². The average molecular weight is 456 g/mol. The van der Waals surface area contributed by atoms with Crippen molar-refractivity contribution in [2.24, 2.45) is 0 Å². The van der Waals surface area contributed by atoms with Gasteiger partial charge >= 0.3 is 6.09 Å². The van der Waals surface area contributed by atoms with Gasteiger partial charge in [-0.15, -0.1) is 0 Å². The van der Waals surface area contributed by atoms with Crippen LogP contribution in [0.25, 0.3) is 0 Å². The number of benzene rings is 2. The zero-order valence-corrected chi connectivity index (χ0v) is 19.3. The largest absolute Gasteiger partial charge is 0.507 e. The van der Waals surface area contributed by atoms with E-state index in [2.05, 4.69) is 5.32 Å². The summed E-state index contributed by atoms with van der Waals surface area (Å²) in [4.78, 5) is 39.5. The summed E-state index contributed by atoms with van der Waals surface area (Å²) in [7, 11) is 2.99. The molecule has 0 saturated carbocycles. The molecule has 1 unspecified atom stereocenters. The first kappa shape index (κ1) is 23.9. The normalized spacial score (nSPS) is 14.0. The van der Waals surface area contributed by atoms with E-state index in [1.165, 1.54) is 32.4 Å². The maximum absolute atomic E-state index is 13.2. The van der Waals surface area contributed by atoms with Gasteiger partial charge in [-0.3, -0.25) is 14.5 Å². The molecule has 0 fully saturated rings. The molecule has 1 atom stereocenters. The average Bonchev–Trinajstić information content (AvgIpc) is 3.01. The maximum Gasteiger partial charge on any atom is 0.407 e. The predicted octanol–water partition coefficient (Wildman–Crippen LogP) is 3.66. The minimum atomic E-state index is -0.744. The number of phenols is 1. The van der Waals surface area contributed by atoms with Crippen LogP contribution in [0, 0.1) is 0 Å². The van der Waals surface area contributed by atoms with Gasteiger partial charge in [-0.1, -0.05) is 12.1 Å². The van der Waals surface area contributed by atoms with Crippen molar-refractivity contribution in [2.75, 3.05) is 20.8 Å². The van der Waals surface area contributed by atoms with Crippen LogP contribution in [0.15, 0.2) is 36.4 Å². The number of ether oxygens (including phenoxy) is 3. The fourth-order valence-corrected chi connectivity index (χ4v) is 3.70. The number of carbonyl (C=O) groups is 3. The predicted molar refractivity (Wildman–Crippen MR) is 120 cm³/mol. The molecule has 0 radical (unpaired) electrons. The van der Waals surface area contributed by atoms with E-state index >= 15 is 0 Å². The second-order valence-electron chi connectivity index (χ2n) is 8.53. The Morgan fingerprint density at radius 1 is 1.06 bits per heavy atom. The Balaban J connectivity index is 1.93. The highest BCUT2D eigenvalue weighted by atomic mass is 16.6. The van der Waals surface area contributed by atoms with Gasteiger partial charge in [0.25, 0.3) is 11.8 Å². The number of imide groups is 1. The number of phenolic OH excluding ortho intramolecular Hbond substituents is 1.